The van der Waals surface area contributed by atoms with E-state index in [0.717, 1.165) is 30.3 Å². The van der Waals surface area contributed by atoms with E-state index in [0.29, 0.717) is 12.5 Å². The average molecular weight is 360 g/mol. The number of aliphatic hydroxyl groups is 1. The second-order valence-electron chi connectivity index (χ2n) is 6.47. The molecule has 2 atom stereocenters. The Hall–Kier alpha value is -1.85. The molecule has 0 aliphatic rings. The highest BCUT2D eigenvalue weighted by atomic mass is 32.1. The van der Waals surface area contributed by atoms with Gasteiger partial charge >= 0.3 is 0 Å². The van der Waals surface area contributed by atoms with E-state index in [1.165, 1.54) is 5.56 Å². The van der Waals surface area contributed by atoms with Crippen LogP contribution in [0, 0.1) is 0 Å². The molecular weight excluding hydrogens is 330 g/mol. The summed E-state index contributed by atoms with van der Waals surface area (Å²) in [4.78, 5) is 5.50. The zero-order valence-corrected chi connectivity index (χ0v) is 16.1. The third-order valence-electron chi connectivity index (χ3n) is 4.18. The number of aliphatic imine (C=N–C) groups is 1. The molecule has 3 N–H and O–H groups in total. The van der Waals surface area contributed by atoms with Gasteiger partial charge in [0, 0.05) is 18.0 Å². The van der Waals surface area contributed by atoms with Crippen molar-refractivity contribution in [3.8, 4) is 0 Å². The Kier molecular flexibility index (Phi) is 7.47. The Balaban J connectivity index is 1.87. The van der Waals surface area contributed by atoms with Crippen LogP contribution in [0.3, 0.4) is 0 Å². The number of nitrogens with zero attached hydrogens (tertiary/aromatic N) is 1. The standard InChI is InChI=1S/C20H29N3OS/c1-4-21-19(23-15-20(3,24)18-11-8-14-25-18)22-13-12-16(2)17-9-6-5-7-10-17/h5-11,14,16,24H,4,12-13,15H2,1-3H3,(H2,21,22,23). The van der Waals surface area contributed by atoms with Crippen molar-refractivity contribution in [3.63, 3.8) is 0 Å². The van der Waals surface area contributed by atoms with Crippen molar-refractivity contribution >= 4 is 17.3 Å². The first-order valence-electron chi connectivity index (χ1n) is 8.86. The molecule has 1 heterocycles. The average Bonchev–Trinajstić information content (AvgIpc) is 3.16. The summed E-state index contributed by atoms with van der Waals surface area (Å²) < 4.78 is 0. The number of nitrogens with one attached hydrogen (secondary N) is 2. The van der Waals surface area contributed by atoms with Crippen molar-refractivity contribution in [3.05, 3.63) is 58.3 Å². The van der Waals surface area contributed by atoms with Gasteiger partial charge in [-0.1, -0.05) is 43.3 Å². The van der Waals surface area contributed by atoms with E-state index >= 15 is 0 Å². The molecule has 1 aromatic carbocycles. The smallest absolute Gasteiger partial charge is 0.191 e. The summed E-state index contributed by atoms with van der Waals surface area (Å²) in [5.74, 6) is 1.24. The summed E-state index contributed by atoms with van der Waals surface area (Å²) in [5, 5.41) is 19.2. The molecule has 0 aliphatic carbocycles. The molecule has 0 saturated heterocycles. The molecule has 5 heteroatoms. The fourth-order valence-corrected chi connectivity index (χ4v) is 3.37. The lowest BCUT2D eigenvalue weighted by Gasteiger charge is -2.21. The Morgan fingerprint density at radius 2 is 1.96 bits per heavy atom. The number of benzene rings is 1. The Morgan fingerprint density at radius 1 is 1.20 bits per heavy atom. The second kappa shape index (κ2) is 9.59. The van der Waals surface area contributed by atoms with Gasteiger partial charge in [0.05, 0.1) is 6.54 Å². The Bertz CT molecular complexity index is 638. The number of rotatable bonds is 8. The highest BCUT2D eigenvalue weighted by Gasteiger charge is 2.23. The molecule has 2 rings (SSSR count). The van der Waals surface area contributed by atoms with E-state index in [9.17, 15) is 5.11 Å². The zero-order valence-electron chi connectivity index (χ0n) is 15.3. The maximum atomic E-state index is 10.6. The molecule has 2 unspecified atom stereocenters. The molecule has 0 spiro atoms. The molecule has 0 amide bonds. The van der Waals surface area contributed by atoms with Crippen molar-refractivity contribution in [2.75, 3.05) is 19.6 Å². The summed E-state index contributed by atoms with van der Waals surface area (Å²) in [6.45, 7) is 8.05. The van der Waals surface area contributed by atoms with Crippen LogP contribution >= 0.6 is 11.3 Å². The largest absolute Gasteiger partial charge is 0.383 e. The normalized spacial score (nSPS) is 15.4. The van der Waals surface area contributed by atoms with Crippen molar-refractivity contribution < 1.29 is 5.11 Å². The maximum absolute atomic E-state index is 10.6. The van der Waals surface area contributed by atoms with Gasteiger partial charge in [0.15, 0.2) is 5.96 Å². The van der Waals surface area contributed by atoms with E-state index in [2.05, 4.69) is 46.8 Å². The first kappa shape index (κ1) is 19.5. The van der Waals surface area contributed by atoms with Gasteiger partial charge in [0.25, 0.3) is 0 Å². The number of thiophene rings is 1. The minimum Gasteiger partial charge on any atom is -0.383 e. The van der Waals surface area contributed by atoms with E-state index in [-0.39, 0.29) is 0 Å². The third kappa shape index (κ3) is 6.18. The van der Waals surface area contributed by atoms with Crippen LogP contribution in [0.25, 0.3) is 0 Å². The molecule has 0 aliphatic heterocycles. The zero-order chi connectivity index (χ0) is 18.1. The fourth-order valence-electron chi connectivity index (χ4n) is 2.59. The highest BCUT2D eigenvalue weighted by Crippen LogP contribution is 2.25. The molecule has 0 bridgehead atoms. The van der Waals surface area contributed by atoms with Gasteiger partial charge in [-0.05, 0) is 43.2 Å². The van der Waals surface area contributed by atoms with Crippen molar-refractivity contribution in [2.45, 2.75) is 38.7 Å². The van der Waals surface area contributed by atoms with E-state index < -0.39 is 5.60 Å². The van der Waals surface area contributed by atoms with Crippen LogP contribution in [0.5, 0.6) is 0 Å². The van der Waals surface area contributed by atoms with Gasteiger partial charge in [-0.15, -0.1) is 11.3 Å². The minimum absolute atomic E-state index is 0.330. The van der Waals surface area contributed by atoms with Gasteiger partial charge in [-0.25, -0.2) is 4.99 Å². The van der Waals surface area contributed by atoms with Crippen LogP contribution in [0.1, 0.15) is 43.6 Å². The minimum atomic E-state index is -0.937. The first-order valence-corrected chi connectivity index (χ1v) is 9.74. The van der Waals surface area contributed by atoms with E-state index in [4.69, 9.17) is 0 Å². The quantitative estimate of drug-likeness (QED) is 0.497. The van der Waals surface area contributed by atoms with Crippen molar-refractivity contribution in [1.82, 2.24) is 10.6 Å². The highest BCUT2D eigenvalue weighted by molar-refractivity contribution is 7.10. The molecule has 1 aromatic heterocycles. The van der Waals surface area contributed by atoms with Gasteiger partial charge in [-0.3, -0.25) is 0 Å². The Morgan fingerprint density at radius 3 is 2.60 bits per heavy atom. The van der Waals surface area contributed by atoms with Crippen LogP contribution in [0.4, 0.5) is 0 Å². The molecule has 136 valence electrons. The Labute approximate surface area is 155 Å². The van der Waals surface area contributed by atoms with Crippen LogP contribution in [-0.2, 0) is 5.60 Å². The summed E-state index contributed by atoms with van der Waals surface area (Å²) in [7, 11) is 0. The topological polar surface area (TPSA) is 56.7 Å². The third-order valence-corrected chi connectivity index (χ3v) is 5.30. The van der Waals surface area contributed by atoms with Gasteiger partial charge in [0.1, 0.15) is 5.60 Å². The van der Waals surface area contributed by atoms with Crippen molar-refractivity contribution in [1.29, 1.82) is 0 Å². The van der Waals surface area contributed by atoms with Crippen LogP contribution in [0.2, 0.25) is 0 Å². The summed E-state index contributed by atoms with van der Waals surface area (Å²) in [5.41, 5.74) is 0.417. The summed E-state index contributed by atoms with van der Waals surface area (Å²) in [6.07, 6.45) is 1.02. The first-order chi connectivity index (χ1) is 12.0. The molecule has 4 nitrogen and oxygen atoms in total. The van der Waals surface area contributed by atoms with Gasteiger partial charge < -0.3 is 15.7 Å². The predicted octanol–water partition coefficient (Wildman–Crippen LogP) is 3.70. The summed E-state index contributed by atoms with van der Waals surface area (Å²) >= 11 is 1.55. The molecular formula is C20H29N3OS. The lowest BCUT2D eigenvalue weighted by molar-refractivity contribution is 0.0711. The molecule has 25 heavy (non-hydrogen) atoms. The van der Waals surface area contributed by atoms with Crippen LogP contribution in [0.15, 0.2) is 52.8 Å². The molecule has 0 radical (unpaired) electrons. The van der Waals surface area contributed by atoms with E-state index in [1.54, 1.807) is 11.3 Å². The second-order valence-corrected chi connectivity index (χ2v) is 7.42. The summed E-state index contributed by atoms with van der Waals surface area (Å²) in [6, 6.07) is 14.4. The predicted molar refractivity (Wildman–Crippen MR) is 107 cm³/mol. The van der Waals surface area contributed by atoms with Crippen LogP contribution < -0.4 is 10.6 Å². The lowest BCUT2D eigenvalue weighted by Crippen LogP contribution is -2.39. The molecule has 2 aromatic rings. The SMILES string of the molecule is CCNC(=NCC(C)(O)c1cccs1)NCCC(C)c1ccccc1. The van der Waals surface area contributed by atoms with Crippen LogP contribution in [-0.4, -0.2) is 30.7 Å². The lowest BCUT2D eigenvalue weighted by atomic mass is 9.98. The fraction of sp³-hybridized carbons (Fsp3) is 0.450. The maximum Gasteiger partial charge on any atom is 0.191 e. The molecule has 0 saturated carbocycles. The molecule has 0 fully saturated rings. The monoisotopic (exact) mass is 359 g/mol. The number of hydrogen-bond acceptors (Lipinski definition) is 3. The van der Waals surface area contributed by atoms with E-state index in [1.807, 2.05) is 37.4 Å². The van der Waals surface area contributed by atoms with Crippen molar-refractivity contribution in [2.24, 2.45) is 4.99 Å². The van der Waals surface area contributed by atoms with Gasteiger partial charge in [-0.2, -0.15) is 0 Å². The van der Waals surface area contributed by atoms with Gasteiger partial charge in [0.2, 0.25) is 0 Å². The number of hydrogen-bond donors (Lipinski definition) is 3. The number of guanidine groups is 1.